The Labute approximate surface area is 118 Å². The third-order valence-electron chi connectivity index (χ3n) is 3.14. The number of aliphatic hydroxyl groups is 1. The highest BCUT2D eigenvalue weighted by atomic mass is 32.2. The Balaban J connectivity index is 2.04. The van der Waals surface area contributed by atoms with Crippen molar-refractivity contribution >= 4 is 17.4 Å². The van der Waals surface area contributed by atoms with E-state index in [0.29, 0.717) is 0 Å². The van der Waals surface area contributed by atoms with Crippen LogP contribution in [0, 0.1) is 0 Å². The summed E-state index contributed by atoms with van der Waals surface area (Å²) in [5.74, 6) is 0. The minimum absolute atomic E-state index is 0.0893. The molecule has 0 aliphatic rings. The van der Waals surface area contributed by atoms with Gasteiger partial charge in [-0.3, -0.25) is 0 Å². The molecule has 0 spiro atoms. The van der Waals surface area contributed by atoms with Crippen molar-refractivity contribution in [2.24, 2.45) is 0 Å². The lowest BCUT2D eigenvalue weighted by molar-refractivity contribution is 0.282. The lowest BCUT2D eigenvalue weighted by Crippen LogP contribution is -2.06. The van der Waals surface area contributed by atoms with Crippen LogP contribution in [-0.4, -0.2) is 11.4 Å². The molecule has 2 nitrogen and oxygen atoms in total. The van der Waals surface area contributed by atoms with Crippen molar-refractivity contribution in [3.8, 4) is 0 Å². The van der Waals surface area contributed by atoms with Gasteiger partial charge in [0.1, 0.15) is 0 Å². The summed E-state index contributed by atoms with van der Waals surface area (Å²) in [5, 5.41) is 12.5. The fourth-order valence-electron chi connectivity index (χ4n) is 1.93. The summed E-state index contributed by atoms with van der Waals surface area (Å²) in [4.78, 5) is 1.28. The molecule has 1 atom stereocenters. The highest BCUT2D eigenvalue weighted by Crippen LogP contribution is 2.22. The molecule has 0 bridgehead atoms. The molecule has 1 unspecified atom stereocenters. The number of aliphatic hydroxyl groups excluding tert-OH is 1. The average molecular weight is 273 g/mol. The lowest BCUT2D eigenvalue weighted by atomic mass is 10.1. The molecule has 0 radical (unpaired) electrons. The number of rotatable bonds is 5. The largest absolute Gasteiger partial charge is 0.392 e. The van der Waals surface area contributed by atoms with E-state index in [4.69, 9.17) is 5.11 Å². The van der Waals surface area contributed by atoms with E-state index in [0.717, 1.165) is 11.3 Å². The van der Waals surface area contributed by atoms with E-state index in [9.17, 15) is 0 Å². The molecular weight excluding hydrogens is 254 g/mol. The van der Waals surface area contributed by atoms with Gasteiger partial charge in [0, 0.05) is 16.6 Å². The molecule has 0 saturated carbocycles. The van der Waals surface area contributed by atoms with Crippen molar-refractivity contribution < 1.29 is 5.11 Å². The SMILES string of the molecule is CSc1ccc(C(C)Nc2ccc(CO)cc2)cc1. The highest BCUT2D eigenvalue weighted by molar-refractivity contribution is 7.98. The van der Waals surface area contributed by atoms with Gasteiger partial charge in [-0.25, -0.2) is 0 Å². The van der Waals surface area contributed by atoms with E-state index >= 15 is 0 Å². The van der Waals surface area contributed by atoms with Gasteiger partial charge in [-0.05, 0) is 48.6 Å². The number of thioether (sulfide) groups is 1. The summed E-state index contributed by atoms with van der Waals surface area (Å²) >= 11 is 1.75. The van der Waals surface area contributed by atoms with Crippen molar-refractivity contribution in [2.75, 3.05) is 11.6 Å². The highest BCUT2D eigenvalue weighted by Gasteiger charge is 2.05. The second-order valence-corrected chi connectivity index (χ2v) is 5.37. The lowest BCUT2D eigenvalue weighted by Gasteiger charge is -2.16. The monoisotopic (exact) mass is 273 g/mol. The summed E-state index contributed by atoms with van der Waals surface area (Å²) in [6, 6.07) is 16.7. The van der Waals surface area contributed by atoms with E-state index in [1.54, 1.807) is 11.8 Å². The van der Waals surface area contributed by atoms with E-state index in [1.807, 2.05) is 24.3 Å². The normalized spacial score (nSPS) is 12.2. The Kier molecular flexibility index (Phi) is 4.88. The summed E-state index contributed by atoms with van der Waals surface area (Å²) in [7, 11) is 0. The standard InChI is InChI=1S/C16H19NOS/c1-12(14-5-9-16(19-2)10-6-14)17-15-7-3-13(11-18)4-8-15/h3-10,12,17-18H,11H2,1-2H3. The first-order valence-corrected chi connectivity index (χ1v) is 7.55. The zero-order valence-corrected chi connectivity index (χ0v) is 12.1. The van der Waals surface area contributed by atoms with Crippen LogP contribution in [0.2, 0.25) is 0 Å². The molecule has 0 aliphatic heterocycles. The summed E-state index contributed by atoms with van der Waals surface area (Å²) in [6.07, 6.45) is 2.08. The summed E-state index contributed by atoms with van der Waals surface area (Å²) in [6.45, 7) is 2.24. The van der Waals surface area contributed by atoms with Crippen LogP contribution in [0.1, 0.15) is 24.1 Å². The smallest absolute Gasteiger partial charge is 0.0681 e. The molecular formula is C16H19NOS. The fourth-order valence-corrected chi connectivity index (χ4v) is 2.34. The van der Waals surface area contributed by atoms with E-state index in [-0.39, 0.29) is 12.6 Å². The van der Waals surface area contributed by atoms with Crippen LogP contribution >= 0.6 is 11.8 Å². The number of benzene rings is 2. The number of nitrogens with one attached hydrogen (secondary N) is 1. The maximum Gasteiger partial charge on any atom is 0.0681 e. The van der Waals surface area contributed by atoms with Crippen LogP contribution in [0.25, 0.3) is 0 Å². The van der Waals surface area contributed by atoms with Crippen LogP contribution < -0.4 is 5.32 Å². The first-order chi connectivity index (χ1) is 9.22. The summed E-state index contributed by atoms with van der Waals surface area (Å²) < 4.78 is 0. The molecule has 0 fully saturated rings. The van der Waals surface area contributed by atoms with Crippen molar-refractivity contribution in [2.45, 2.75) is 24.5 Å². The predicted octanol–water partition coefficient (Wildman–Crippen LogP) is 4.07. The minimum atomic E-state index is 0.0893. The van der Waals surface area contributed by atoms with Crippen LogP contribution in [0.3, 0.4) is 0 Å². The van der Waals surface area contributed by atoms with E-state index in [2.05, 4.69) is 42.8 Å². The quantitative estimate of drug-likeness (QED) is 0.805. The molecule has 0 aromatic heterocycles. The zero-order valence-electron chi connectivity index (χ0n) is 11.3. The Morgan fingerprint density at radius 3 is 2.21 bits per heavy atom. The van der Waals surface area contributed by atoms with Gasteiger partial charge in [0.25, 0.3) is 0 Å². The van der Waals surface area contributed by atoms with E-state index < -0.39 is 0 Å². The van der Waals surface area contributed by atoms with Gasteiger partial charge in [-0.2, -0.15) is 0 Å². The molecule has 2 rings (SSSR count). The van der Waals surface area contributed by atoms with Crippen LogP contribution in [0.4, 0.5) is 5.69 Å². The number of hydrogen-bond acceptors (Lipinski definition) is 3. The van der Waals surface area contributed by atoms with Gasteiger partial charge >= 0.3 is 0 Å². The fraction of sp³-hybridized carbons (Fsp3) is 0.250. The molecule has 0 saturated heterocycles. The molecule has 2 aromatic carbocycles. The summed E-state index contributed by atoms with van der Waals surface area (Å²) in [5.41, 5.74) is 3.27. The van der Waals surface area contributed by atoms with Gasteiger partial charge in [0.05, 0.1) is 6.61 Å². The zero-order chi connectivity index (χ0) is 13.7. The van der Waals surface area contributed by atoms with Crippen LogP contribution in [0.15, 0.2) is 53.4 Å². The molecule has 100 valence electrons. The Hall–Kier alpha value is -1.45. The van der Waals surface area contributed by atoms with Crippen molar-refractivity contribution in [3.63, 3.8) is 0 Å². The van der Waals surface area contributed by atoms with Crippen molar-refractivity contribution in [1.29, 1.82) is 0 Å². The second-order valence-electron chi connectivity index (χ2n) is 4.49. The van der Waals surface area contributed by atoms with Crippen molar-refractivity contribution in [1.82, 2.24) is 0 Å². The van der Waals surface area contributed by atoms with Gasteiger partial charge in [0.2, 0.25) is 0 Å². The Morgan fingerprint density at radius 1 is 1.05 bits per heavy atom. The minimum Gasteiger partial charge on any atom is -0.392 e. The third-order valence-corrected chi connectivity index (χ3v) is 3.88. The molecule has 19 heavy (non-hydrogen) atoms. The second kappa shape index (κ2) is 6.64. The van der Waals surface area contributed by atoms with Gasteiger partial charge in [-0.15, -0.1) is 11.8 Å². The molecule has 2 N–H and O–H groups in total. The van der Waals surface area contributed by atoms with E-state index in [1.165, 1.54) is 10.5 Å². The van der Waals surface area contributed by atoms with Gasteiger partial charge < -0.3 is 10.4 Å². The topological polar surface area (TPSA) is 32.3 Å². The van der Waals surface area contributed by atoms with Crippen molar-refractivity contribution in [3.05, 3.63) is 59.7 Å². The molecule has 0 aliphatic carbocycles. The van der Waals surface area contributed by atoms with Gasteiger partial charge in [0.15, 0.2) is 0 Å². The van der Waals surface area contributed by atoms with Crippen LogP contribution in [0.5, 0.6) is 0 Å². The maximum absolute atomic E-state index is 9.02. The average Bonchev–Trinajstić information content (AvgIpc) is 2.48. The third kappa shape index (κ3) is 3.75. The Morgan fingerprint density at radius 2 is 1.68 bits per heavy atom. The molecule has 0 amide bonds. The first-order valence-electron chi connectivity index (χ1n) is 6.33. The molecule has 2 aromatic rings. The number of anilines is 1. The molecule has 3 heteroatoms. The van der Waals surface area contributed by atoms with Gasteiger partial charge in [-0.1, -0.05) is 24.3 Å². The predicted molar refractivity (Wildman–Crippen MR) is 82.6 cm³/mol. The molecule has 0 heterocycles. The number of hydrogen-bond donors (Lipinski definition) is 2. The van der Waals surface area contributed by atoms with Crippen LogP contribution in [-0.2, 0) is 6.61 Å². The Bertz CT molecular complexity index is 507. The first kappa shape index (κ1) is 14.0. The maximum atomic E-state index is 9.02.